The van der Waals surface area contributed by atoms with Crippen LogP contribution in [0.5, 0.6) is 0 Å². The van der Waals surface area contributed by atoms with Crippen molar-refractivity contribution in [2.24, 2.45) is 5.92 Å². The number of ether oxygens (including phenoxy) is 1. The minimum Gasteiger partial charge on any atom is -0.481 e. The van der Waals surface area contributed by atoms with Crippen molar-refractivity contribution in [2.45, 2.75) is 45.6 Å². The van der Waals surface area contributed by atoms with Crippen molar-refractivity contribution in [3.63, 3.8) is 0 Å². The molecule has 0 aromatic heterocycles. The first kappa shape index (κ1) is 18.2. The van der Waals surface area contributed by atoms with Gasteiger partial charge in [-0.3, -0.25) is 4.79 Å². The first-order chi connectivity index (χ1) is 8.99. The summed E-state index contributed by atoms with van der Waals surface area (Å²) in [6.45, 7) is 4.02. The van der Waals surface area contributed by atoms with Gasteiger partial charge >= 0.3 is 11.9 Å². The van der Waals surface area contributed by atoms with Crippen LogP contribution in [0.4, 0.5) is 0 Å². The predicted molar refractivity (Wildman–Crippen MR) is 75.6 cm³/mol. The van der Waals surface area contributed by atoms with Crippen LogP contribution in [-0.2, 0) is 14.3 Å². The van der Waals surface area contributed by atoms with E-state index in [-0.39, 0.29) is 0 Å². The fraction of sp³-hybridized carbons (Fsp3) is 0.846. The Morgan fingerprint density at radius 3 is 2.37 bits per heavy atom. The summed E-state index contributed by atoms with van der Waals surface area (Å²) >= 11 is 1.73. The minimum absolute atomic E-state index is 0.299. The summed E-state index contributed by atoms with van der Waals surface area (Å²) in [5, 5.41) is 17.7. The second-order valence-electron chi connectivity index (χ2n) is 4.48. The van der Waals surface area contributed by atoms with Gasteiger partial charge in [0.05, 0.1) is 5.92 Å². The molecular weight excluding hydrogens is 268 g/mol. The lowest BCUT2D eigenvalue weighted by atomic mass is 10.1. The van der Waals surface area contributed by atoms with Gasteiger partial charge in [-0.1, -0.05) is 13.8 Å². The Morgan fingerprint density at radius 1 is 1.16 bits per heavy atom. The average Bonchev–Trinajstić information content (AvgIpc) is 2.35. The standard InChI is InChI=1S/C13H24O5S/c1-3-8-19-9-6-11(13(16)17)18-7-4-5-10(2)12(14)15/h10-11H,3-9H2,1-2H3,(H,14,15)(H,16,17). The zero-order chi connectivity index (χ0) is 14.7. The van der Waals surface area contributed by atoms with E-state index >= 15 is 0 Å². The zero-order valence-electron chi connectivity index (χ0n) is 11.6. The maximum atomic E-state index is 11.0. The smallest absolute Gasteiger partial charge is 0.332 e. The van der Waals surface area contributed by atoms with Crippen LogP contribution in [0.1, 0.15) is 39.5 Å². The summed E-state index contributed by atoms with van der Waals surface area (Å²) in [5.74, 6) is -0.375. The van der Waals surface area contributed by atoms with E-state index in [1.165, 1.54) is 0 Å². The van der Waals surface area contributed by atoms with Crippen LogP contribution in [0.25, 0.3) is 0 Å². The Bertz CT molecular complexity index is 270. The molecule has 0 fully saturated rings. The second kappa shape index (κ2) is 11.1. The third-order valence-electron chi connectivity index (χ3n) is 2.67. The molecule has 5 nitrogen and oxygen atoms in total. The highest BCUT2D eigenvalue weighted by molar-refractivity contribution is 7.99. The number of rotatable bonds is 12. The summed E-state index contributed by atoms with van der Waals surface area (Å²) < 4.78 is 5.31. The van der Waals surface area contributed by atoms with Gasteiger partial charge in [-0.2, -0.15) is 11.8 Å². The first-order valence-corrected chi connectivity index (χ1v) is 7.79. The van der Waals surface area contributed by atoms with E-state index in [0.717, 1.165) is 17.9 Å². The van der Waals surface area contributed by atoms with Crippen molar-refractivity contribution in [3.05, 3.63) is 0 Å². The van der Waals surface area contributed by atoms with Gasteiger partial charge in [0.1, 0.15) is 0 Å². The fourth-order valence-corrected chi connectivity index (χ4v) is 2.33. The van der Waals surface area contributed by atoms with Gasteiger partial charge in [0.2, 0.25) is 0 Å². The highest BCUT2D eigenvalue weighted by Gasteiger charge is 2.18. The lowest BCUT2D eigenvalue weighted by molar-refractivity contribution is -0.151. The number of hydrogen-bond acceptors (Lipinski definition) is 4. The number of aliphatic carboxylic acids is 2. The molecule has 0 radical (unpaired) electrons. The minimum atomic E-state index is -0.941. The summed E-state index contributed by atoms with van der Waals surface area (Å²) in [7, 11) is 0. The van der Waals surface area contributed by atoms with Crippen LogP contribution in [0, 0.1) is 5.92 Å². The van der Waals surface area contributed by atoms with Crippen LogP contribution in [-0.4, -0.2) is 46.4 Å². The Morgan fingerprint density at radius 2 is 1.84 bits per heavy atom. The molecule has 0 heterocycles. The molecule has 0 aromatic rings. The van der Waals surface area contributed by atoms with Crippen LogP contribution in [0.15, 0.2) is 0 Å². The van der Waals surface area contributed by atoms with Crippen molar-refractivity contribution in [1.82, 2.24) is 0 Å². The van der Waals surface area contributed by atoms with E-state index in [0.29, 0.717) is 25.9 Å². The Labute approximate surface area is 118 Å². The summed E-state index contributed by atoms with van der Waals surface area (Å²) in [5.41, 5.74) is 0. The highest BCUT2D eigenvalue weighted by atomic mass is 32.2. The van der Waals surface area contributed by atoms with Gasteiger partial charge in [-0.25, -0.2) is 4.79 Å². The quantitative estimate of drug-likeness (QED) is 0.538. The third-order valence-corrected chi connectivity index (χ3v) is 3.89. The average molecular weight is 292 g/mol. The molecule has 2 N–H and O–H groups in total. The molecule has 0 aliphatic heterocycles. The van der Waals surface area contributed by atoms with Gasteiger partial charge in [0.25, 0.3) is 0 Å². The number of thioether (sulfide) groups is 1. The highest BCUT2D eigenvalue weighted by Crippen LogP contribution is 2.11. The van der Waals surface area contributed by atoms with Gasteiger partial charge in [0, 0.05) is 6.61 Å². The summed E-state index contributed by atoms with van der Waals surface area (Å²) in [4.78, 5) is 21.6. The first-order valence-electron chi connectivity index (χ1n) is 6.64. The fourth-order valence-electron chi connectivity index (χ4n) is 1.45. The van der Waals surface area contributed by atoms with E-state index in [9.17, 15) is 9.59 Å². The SMILES string of the molecule is CCCSCCC(OCCCC(C)C(=O)O)C(=O)O. The third kappa shape index (κ3) is 9.78. The molecule has 112 valence electrons. The van der Waals surface area contributed by atoms with E-state index in [1.807, 2.05) is 0 Å². The van der Waals surface area contributed by atoms with Crippen molar-refractivity contribution in [2.75, 3.05) is 18.1 Å². The summed E-state index contributed by atoms with van der Waals surface area (Å²) in [6.07, 6.45) is 1.88. The number of hydrogen-bond donors (Lipinski definition) is 2. The van der Waals surface area contributed by atoms with Crippen LogP contribution >= 0.6 is 11.8 Å². The predicted octanol–water partition coefficient (Wildman–Crippen LogP) is 2.49. The summed E-state index contributed by atoms with van der Waals surface area (Å²) in [6, 6.07) is 0. The van der Waals surface area contributed by atoms with Gasteiger partial charge in [-0.15, -0.1) is 0 Å². The molecule has 0 rings (SSSR count). The Kier molecular flexibility index (Phi) is 10.7. The molecule has 6 heteroatoms. The molecular formula is C13H24O5S. The number of carboxylic acids is 2. The van der Waals surface area contributed by atoms with E-state index in [1.54, 1.807) is 18.7 Å². The Balaban J connectivity index is 3.76. The van der Waals surface area contributed by atoms with E-state index in [2.05, 4.69) is 6.92 Å². The van der Waals surface area contributed by atoms with E-state index in [4.69, 9.17) is 14.9 Å². The van der Waals surface area contributed by atoms with Gasteiger partial charge in [-0.05, 0) is 37.2 Å². The molecule has 2 unspecified atom stereocenters. The maximum absolute atomic E-state index is 11.0. The normalized spacial score (nSPS) is 14.0. The molecule has 0 aliphatic carbocycles. The van der Waals surface area contributed by atoms with Crippen LogP contribution < -0.4 is 0 Å². The molecule has 0 saturated heterocycles. The topological polar surface area (TPSA) is 83.8 Å². The van der Waals surface area contributed by atoms with Gasteiger partial charge < -0.3 is 14.9 Å². The molecule has 0 saturated carbocycles. The lowest BCUT2D eigenvalue weighted by Gasteiger charge is -2.14. The lowest BCUT2D eigenvalue weighted by Crippen LogP contribution is -2.25. The molecule has 0 amide bonds. The molecule has 0 aromatic carbocycles. The van der Waals surface area contributed by atoms with Crippen LogP contribution in [0.2, 0.25) is 0 Å². The molecule has 0 aliphatic rings. The van der Waals surface area contributed by atoms with Crippen LogP contribution in [0.3, 0.4) is 0 Å². The monoisotopic (exact) mass is 292 g/mol. The molecule has 0 bridgehead atoms. The maximum Gasteiger partial charge on any atom is 0.332 e. The van der Waals surface area contributed by atoms with Crippen molar-refractivity contribution >= 4 is 23.7 Å². The van der Waals surface area contributed by atoms with Crippen molar-refractivity contribution in [3.8, 4) is 0 Å². The molecule has 0 spiro atoms. The van der Waals surface area contributed by atoms with Crippen molar-refractivity contribution in [1.29, 1.82) is 0 Å². The second-order valence-corrected chi connectivity index (χ2v) is 5.70. The van der Waals surface area contributed by atoms with E-state index < -0.39 is 24.0 Å². The Hall–Kier alpha value is -0.750. The number of carbonyl (C=O) groups is 2. The van der Waals surface area contributed by atoms with Crippen molar-refractivity contribution < 1.29 is 24.5 Å². The largest absolute Gasteiger partial charge is 0.481 e. The number of carboxylic acid groups (broad SMARTS) is 2. The molecule has 19 heavy (non-hydrogen) atoms. The zero-order valence-corrected chi connectivity index (χ0v) is 12.4. The van der Waals surface area contributed by atoms with Gasteiger partial charge in [0.15, 0.2) is 6.10 Å². The molecule has 2 atom stereocenters.